The van der Waals surface area contributed by atoms with Crippen LogP contribution < -0.4 is 5.32 Å². The number of hydrogen-bond acceptors (Lipinski definition) is 2. The molecule has 0 aliphatic rings. The molecule has 0 aliphatic heterocycles. The van der Waals surface area contributed by atoms with E-state index in [-0.39, 0.29) is 0 Å². The molecule has 0 saturated heterocycles. The quantitative estimate of drug-likeness (QED) is 0.833. The minimum Gasteiger partial charge on any atom is -0.310 e. The molecule has 2 atom stereocenters. The first-order chi connectivity index (χ1) is 7.08. The third-order valence-electron chi connectivity index (χ3n) is 2.26. The molecule has 3 heteroatoms. The Balaban J connectivity index is 2.36. The fraction of sp³-hybridized carbons (Fsp3) is 0.583. The third-order valence-corrected chi connectivity index (χ3v) is 2.64. The molecule has 0 aliphatic carbocycles. The Bertz CT molecular complexity index is 299. The van der Waals surface area contributed by atoms with Gasteiger partial charge < -0.3 is 5.32 Å². The van der Waals surface area contributed by atoms with E-state index in [1.54, 1.807) is 0 Å². The van der Waals surface area contributed by atoms with Crippen LogP contribution in [-0.2, 0) is 6.54 Å². The summed E-state index contributed by atoms with van der Waals surface area (Å²) in [6.07, 6.45) is 4.94. The number of nitrogens with one attached hydrogen (secondary N) is 1. The lowest BCUT2D eigenvalue weighted by Gasteiger charge is -2.15. The van der Waals surface area contributed by atoms with Crippen molar-refractivity contribution < 1.29 is 0 Å². The van der Waals surface area contributed by atoms with Crippen LogP contribution in [-0.4, -0.2) is 15.9 Å². The van der Waals surface area contributed by atoms with Gasteiger partial charge in [0.25, 0.3) is 0 Å². The van der Waals surface area contributed by atoms with Gasteiger partial charge in [0.1, 0.15) is 0 Å². The Kier molecular flexibility index (Phi) is 5.26. The standard InChI is InChI=1S/C12H19BrN2/c1-9-4-12(7-14-6-9)8-15-11(3)5-10(2)13/h4,6-7,10-11,15H,5,8H2,1-3H3. The maximum absolute atomic E-state index is 4.17. The first kappa shape index (κ1) is 12.7. The zero-order valence-electron chi connectivity index (χ0n) is 9.63. The summed E-state index contributed by atoms with van der Waals surface area (Å²) in [5.41, 5.74) is 2.47. The summed E-state index contributed by atoms with van der Waals surface area (Å²) >= 11 is 3.56. The Morgan fingerprint density at radius 3 is 2.73 bits per heavy atom. The molecular weight excluding hydrogens is 252 g/mol. The Morgan fingerprint density at radius 2 is 2.13 bits per heavy atom. The number of halogens is 1. The van der Waals surface area contributed by atoms with Gasteiger partial charge in [-0.3, -0.25) is 4.98 Å². The van der Waals surface area contributed by atoms with Crippen LogP contribution in [0.5, 0.6) is 0 Å². The summed E-state index contributed by atoms with van der Waals surface area (Å²) in [5.74, 6) is 0. The molecular formula is C12H19BrN2. The summed E-state index contributed by atoms with van der Waals surface area (Å²) < 4.78 is 0. The lowest BCUT2D eigenvalue weighted by molar-refractivity contribution is 0.515. The van der Waals surface area contributed by atoms with Gasteiger partial charge in [0, 0.05) is 29.8 Å². The minimum atomic E-state index is 0.528. The van der Waals surface area contributed by atoms with E-state index in [0.29, 0.717) is 10.9 Å². The third kappa shape index (κ3) is 5.28. The van der Waals surface area contributed by atoms with Gasteiger partial charge in [0.15, 0.2) is 0 Å². The van der Waals surface area contributed by atoms with Crippen molar-refractivity contribution in [1.82, 2.24) is 10.3 Å². The maximum Gasteiger partial charge on any atom is 0.0313 e. The summed E-state index contributed by atoms with van der Waals surface area (Å²) in [5, 5.41) is 3.49. The SMILES string of the molecule is Cc1cncc(CNC(C)CC(C)Br)c1. The largest absolute Gasteiger partial charge is 0.310 e. The van der Waals surface area contributed by atoms with E-state index in [9.17, 15) is 0 Å². The summed E-state index contributed by atoms with van der Waals surface area (Å²) in [7, 11) is 0. The van der Waals surface area contributed by atoms with E-state index < -0.39 is 0 Å². The van der Waals surface area contributed by atoms with E-state index in [4.69, 9.17) is 0 Å². The molecule has 0 fully saturated rings. The van der Waals surface area contributed by atoms with Crippen LogP contribution in [0.3, 0.4) is 0 Å². The zero-order valence-corrected chi connectivity index (χ0v) is 11.2. The molecule has 1 N–H and O–H groups in total. The second-order valence-electron chi connectivity index (χ2n) is 4.17. The van der Waals surface area contributed by atoms with Gasteiger partial charge in [-0.05, 0) is 31.4 Å². The van der Waals surface area contributed by atoms with Crippen LogP contribution >= 0.6 is 15.9 Å². The summed E-state index contributed by atoms with van der Waals surface area (Å²) in [4.78, 5) is 4.74. The van der Waals surface area contributed by atoms with Crippen LogP contribution in [0.1, 0.15) is 31.4 Å². The van der Waals surface area contributed by atoms with Crippen molar-refractivity contribution in [1.29, 1.82) is 0 Å². The van der Waals surface area contributed by atoms with E-state index in [0.717, 1.165) is 13.0 Å². The minimum absolute atomic E-state index is 0.528. The van der Waals surface area contributed by atoms with Crippen LogP contribution in [0.2, 0.25) is 0 Å². The van der Waals surface area contributed by atoms with E-state index in [1.807, 2.05) is 12.4 Å². The molecule has 1 heterocycles. The number of hydrogen-bond donors (Lipinski definition) is 1. The number of alkyl halides is 1. The average Bonchev–Trinajstić information content (AvgIpc) is 2.14. The van der Waals surface area contributed by atoms with Gasteiger partial charge in [0.05, 0.1) is 0 Å². The lowest BCUT2D eigenvalue weighted by Crippen LogP contribution is -2.27. The number of aromatic nitrogens is 1. The average molecular weight is 271 g/mol. The monoisotopic (exact) mass is 270 g/mol. The Labute approximate surface area is 101 Å². The normalized spacial score (nSPS) is 14.9. The Morgan fingerprint density at radius 1 is 1.40 bits per heavy atom. The van der Waals surface area contributed by atoms with Gasteiger partial charge in [-0.15, -0.1) is 0 Å². The van der Waals surface area contributed by atoms with Gasteiger partial charge >= 0.3 is 0 Å². The molecule has 0 radical (unpaired) electrons. The number of pyridine rings is 1. The van der Waals surface area contributed by atoms with Gasteiger partial charge in [-0.1, -0.05) is 28.9 Å². The van der Waals surface area contributed by atoms with Crippen molar-refractivity contribution in [2.45, 2.75) is 44.6 Å². The number of aryl methyl sites for hydroxylation is 1. The van der Waals surface area contributed by atoms with Gasteiger partial charge in [-0.25, -0.2) is 0 Å². The number of nitrogens with zero attached hydrogens (tertiary/aromatic N) is 1. The molecule has 0 amide bonds. The first-order valence-corrected chi connectivity index (χ1v) is 6.27. The van der Waals surface area contributed by atoms with E-state index in [2.05, 4.69) is 53.1 Å². The van der Waals surface area contributed by atoms with Crippen molar-refractivity contribution in [2.24, 2.45) is 0 Å². The highest BCUT2D eigenvalue weighted by molar-refractivity contribution is 9.09. The van der Waals surface area contributed by atoms with Crippen LogP contribution in [0, 0.1) is 6.92 Å². The van der Waals surface area contributed by atoms with Gasteiger partial charge in [-0.2, -0.15) is 0 Å². The predicted octanol–water partition coefficient (Wildman–Crippen LogP) is 3.04. The molecule has 1 aromatic rings. The van der Waals surface area contributed by atoms with Crippen molar-refractivity contribution in [3.8, 4) is 0 Å². The van der Waals surface area contributed by atoms with Crippen molar-refractivity contribution in [2.75, 3.05) is 0 Å². The molecule has 2 nitrogen and oxygen atoms in total. The van der Waals surface area contributed by atoms with Crippen LogP contribution in [0.25, 0.3) is 0 Å². The van der Waals surface area contributed by atoms with Crippen molar-refractivity contribution >= 4 is 15.9 Å². The van der Waals surface area contributed by atoms with E-state index >= 15 is 0 Å². The lowest BCUT2D eigenvalue weighted by atomic mass is 10.1. The van der Waals surface area contributed by atoms with Crippen LogP contribution in [0.4, 0.5) is 0 Å². The number of rotatable bonds is 5. The molecule has 84 valence electrons. The molecule has 15 heavy (non-hydrogen) atoms. The fourth-order valence-corrected chi connectivity index (χ4v) is 2.14. The first-order valence-electron chi connectivity index (χ1n) is 5.36. The van der Waals surface area contributed by atoms with Gasteiger partial charge in [0.2, 0.25) is 0 Å². The highest BCUT2D eigenvalue weighted by Gasteiger charge is 2.05. The zero-order chi connectivity index (χ0) is 11.3. The topological polar surface area (TPSA) is 24.9 Å². The molecule has 2 unspecified atom stereocenters. The fourth-order valence-electron chi connectivity index (χ4n) is 1.58. The molecule has 0 bridgehead atoms. The smallest absolute Gasteiger partial charge is 0.0313 e. The molecule has 1 rings (SSSR count). The highest BCUT2D eigenvalue weighted by Crippen LogP contribution is 2.07. The predicted molar refractivity (Wildman–Crippen MR) is 68.3 cm³/mol. The molecule has 0 spiro atoms. The van der Waals surface area contributed by atoms with Crippen LogP contribution in [0.15, 0.2) is 18.5 Å². The summed E-state index contributed by atoms with van der Waals surface area (Å²) in [6.45, 7) is 7.35. The Hall–Kier alpha value is -0.410. The highest BCUT2D eigenvalue weighted by atomic mass is 79.9. The second-order valence-corrected chi connectivity index (χ2v) is 5.73. The van der Waals surface area contributed by atoms with Crippen molar-refractivity contribution in [3.63, 3.8) is 0 Å². The summed E-state index contributed by atoms with van der Waals surface area (Å²) in [6, 6.07) is 2.70. The van der Waals surface area contributed by atoms with Crippen molar-refractivity contribution in [3.05, 3.63) is 29.6 Å². The molecule has 1 aromatic heterocycles. The maximum atomic E-state index is 4.17. The second kappa shape index (κ2) is 6.23. The molecule has 0 saturated carbocycles. The van der Waals surface area contributed by atoms with E-state index in [1.165, 1.54) is 11.1 Å². The molecule has 0 aromatic carbocycles.